The maximum absolute atomic E-state index is 5.63. The van der Waals surface area contributed by atoms with E-state index in [-0.39, 0.29) is 6.04 Å². The van der Waals surface area contributed by atoms with E-state index in [4.69, 9.17) is 21.7 Å². The Labute approximate surface area is 125 Å². The van der Waals surface area contributed by atoms with Crippen LogP contribution in [0.3, 0.4) is 0 Å². The highest BCUT2D eigenvalue weighted by Gasteiger charge is 2.16. The molecule has 20 heavy (non-hydrogen) atoms. The number of thiocarbonyl (C=S) groups is 1. The highest BCUT2D eigenvalue weighted by Crippen LogP contribution is 2.33. The van der Waals surface area contributed by atoms with Gasteiger partial charge in [0, 0.05) is 6.04 Å². The number of benzene rings is 1. The van der Waals surface area contributed by atoms with Crippen molar-refractivity contribution in [3.05, 3.63) is 23.8 Å². The predicted octanol–water partition coefficient (Wildman–Crippen LogP) is 2.78. The van der Waals surface area contributed by atoms with Crippen molar-refractivity contribution in [2.45, 2.75) is 39.3 Å². The second-order valence-corrected chi connectivity index (χ2v) is 5.54. The Morgan fingerprint density at radius 2 is 1.90 bits per heavy atom. The minimum Gasteiger partial charge on any atom is -0.486 e. The molecule has 4 nitrogen and oxygen atoms in total. The van der Waals surface area contributed by atoms with Gasteiger partial charge in [-0.05, 0) is 50.2 Å². The van der Waals surface area contributed by atoms with Crippen LogP contribution in [-0.2, 0) is 0 Å². The van der Waals surface area contributed by atoms with Crippen LogP contribution in [0, 0.1) is 0 Å². The molecule has 0 bridgehead atoms. The van der Waals surface area contributed by atoms with Gasteiger partial charge in [-0.2, -0.15) is 0 Å². The predicted molar refractivity (Wildman–Crippen MR) is 84.5 cm³/mol. The lowest BCUT2D eigenvalue weighted by Crippen LogP contribution is -2.40. The van der Waals surface area contributed by atoms with E-state index in [2.05, 4.69) is 37.5 Å². The Kier molecular flexibility index (Phi) is 5.06. The summed E-state index contributed by atoms with van der Waals surface area (Å²) in [5.41, 5.74) is 1.16. The smallest absolute Gasteiger partial charge is 0.166 e. The van der Waals surface area contributed by atoms with Gasteiger partial charge in [0.05, 0.1) is 6.04 Å². The molecule has 1 aromatic carbocycles. The van der Waals surface area contributed by atoms with Crippen LogP contribution >= 0.6 is 12.2 Å². The average molecular weight is 294 g/mol. The van der Waals surface area contributed by atoms with Crippen LogP contribution in [0.4, 0.5) is 0 Å². The molecule has 0 spiro atoms. The van der Waals surface area contributed by atoms with Crippen LogP contribution in [0.1, 0.15) is 38.8 Å². The summed E-state index contributed by atoms with van der Waals surface area (Å²) >= 11 is 5.32. The van der Waals surface area contributed by atoms with Crippen LogP contribution in [0.25, 0.3) is 0 Å². The van der Waals surface area contributed by atoms with E-state index in [9.17, 15) is 0 Å². The molecule has 0 aromatic heterocycles. The maximum atomic E-state index is 5.63. The first-order chi connectivity index (χ1) is 9.60. The van der Waals surface area contributed by atoms with Gasteiger partial charge in [-0.25, -0.2) is 0 Å². The molecule has 0 saturated heterocycles. The topological polar surface area (TPSA) is 42.5 Å². The monoisotopic (exact) mass is 294 g/mol. The zero-order valence-corrected chi connectivity index (χ0v) is 13.0. The standard InChI is InChI=1S/C15H22N2O2S/c1-4-12(17-15(20)16-10(2)3)11-5-6-13-14(9-11)19-8-7-18-13/h5-6,9-10,12H,4,7-8H2,1-3H3,(H2,16,17,20). The first-order valence-electron chi connectivity index (χ1n) is 7.06. The molecule has 0 saturated carbocycles. The van der Waals surface area contributed by atoms with Crippen molar-refractivity contribution in [2.75, 3.05) is 13.2 Å². The molecule has 0 amide bonds. The van der Waals surface area contributed by atoms with E-state index in [1.807, 2.05) is 12.1 Å². The molecule has 1 unspecified atom stereocenters. The Morgan fingerprint density at radius 3 is 2.55 bits per heavy atom. The molecule has 110 valence electrons. The van der Waals surface area contributed by atoms with E-state index in [1.165, 1.54) is 0 Å². The van der Waals surface area contributed by atoms with Gasteiger partial charge in [0.2, 0.25) is 0 Å². The molecule has 1 aliphatic rings. The molecule has 0 radical (unpaired) electrons. The van der Waals surface area contributed by atoms with E-state index in [0.717, 1.165) is 23.5 Å². The molecule has 2 N–H and O–H groups in total. The van der Waals surface area contributed by atoms with Crippen LogP contribution in [0.2, 0.25) is 0 Å². The van der Waals surface area contributed by atoms with Crippen molar-refractivity contribution in [3.63, 3.8) is 0 Å². The number of hydrogen-bond donors (Lipinski definition) is 2. The lowest BCUT2D eigenvalue weighted by molar-refractivity contribution is 0.171. The summed E-state index contributed by atoms with van der Waals surface area (Å²) in [6.45, 7) is 7.49. The summed E-state index contributed by atoms with van der Waals surface area (Å²) in [6, 6.07) is 6.56. The van der Waals surface area contributed by atoms with Crippen LogP contribution in [0.15, 0.2) is 18.2 Å². The highest BCUT2D eigenvalue weighted by atomic mass is 32.1. The summed E-state index contributed by atoms with van der Waals surface area (Å²) < 4.78 is 11.2. The first kappa shape index (κ1) is 14.9. The van der Waals surface area contributed by atoms with Gasteiger partial charge >= 0.3 is 0 Å². The fourth-order valence-corrected chi connectivity index (χ4v) is 2.54. The maximum Gasteiger partial charge on any atom is 0.166 e. The molecule has 0 fully saturated rings. The van der Waals surface area contributed by atoms with Crippen molar-refractivity contribution in [1.82, 2.24) is 10.6 Å². The van der Waals surface area contributed by atoms with Crippen molar-refractivity contribution >= 4 is 17.3 Å². The van der Waals surface area contributed by atoms with Crippen molar-refractivity contribution < 1.29 is 9.47 Å². The van der Waals surface area contributed by atoms with Gasteiger partial charge in [0.1, 0.15) is 13.2 Å². The fourth-order valence-electron chi connectivity index (χ4n) is 2.16. The average Bonchev–Trinajstić information content (AvgIpc) is 2.43. The summed E-state index contributed by atoms with van der Waals surface area (Å²) in [5, 5.41) is 7.23. The molecule has 1 aliphatic heterocycles. The number of rotatable bonds is 4. The van der Waals surface area contributed by atoms with Gasteiger partial charge < -0.3 is 20.1 Å². The van der Waals surface area contributed by atoms with E-state index in [1.54, 1.807) is 0 Å². The Hall–Kier alpha value is -1.49. The van der Waals surface area contributed by atoms with Crippen molar-refractivity contribution in [1.29, 1.82) is 0 Å². The zero-order valence-electron chi connectivity index (χ0n) is 12.2. The van der Waals surface area contributed by atoms with E-state index in [0.29, 0.717) is 24.4 Å². The van der Waals surface area contributed by atoms with Gasteiger partial charge in [-0.3, -0.25) is 0 Å². The summed E-state index contributed by atoms with van der Waals surface area (Å²) in [5.74, 6) is 1.63. The molecule has 2 rings (SSSR count). The Bertz CT molecular complexity index is 477. The van der Waals surface area contributed by atoms with Gasteiger partial charge in [0.15, 0.2) is 16.6 Å². The first-order valence-corrected chi connectivity index (χ1v) is 7.47. The molecule has 0 aliphatic carbocycles. The molecular weight excluding hydrogens is 272 g/mol. The lowest BCUT2D eigenvalue weighted by Gasteiger charge is -2.24. The van der Waals surface area contributed by atoms with Gasteiger partial charge in [0.25, 0.3) is 0 Å². The second-order valence-electron chi connectivity index (χ2n) is 5.14. The summed E-state index contributed by atoms with van der Waals surface area (Å²) in [7, 11) is 0. The van der Waals surface area contributed by atoms with Crippen molar-refractivity contribution in [2.24, 2.45) is 0 Å². The molecule has 1 aromatic rings. The second kappa shape index (κ2) is 6.79. The van der Waals surface area contributed by atoms with Gasteiger partial charge in [-0.15, -0.1) is 0 Å². The summed E-state index contributed by atoms with van der Waals surface area (Å²) in [4.78, 5) is 0. The molecule has 1 atom stereocenters. The number of hydrogen-bond acceptors (Lipinski definition) is 3. The van der Waals surface area contributed by atoms with Crippen molar-refractivity contribution in [3.8, 4) is 11.5 Å². The molecule has 5 heteroatoms. The van der Waals surface area contributed by atoms with E-state index < -0.39 is 0 Å². The summed E-state index contributed by atoms with van der Waals surface area (Å²) in [6.07, 6.45) is 0.944. The quantitative estimate of drug-likeness (QED) is 0.836. The van der Waals surface area contributed by atoms with Gasteiger partial charge in [-0.1, -0.05) is 13.0 Å². The number of ether oxygens (including phenoxy) is 2. The molecule has 1 heterocycles. The number of nitrogens with one attached hydrogen (secondary N) is 2. The molecular formula is C15H22N2O2S. The third kappa shape index (κ3) is 3.76. The minimum atomic E-state index is 0.171. The van der Waals surface area contributed by atoms with E-state index >= 15 is 0 Å². The fraction of sp³-hybridized carbons (Fsp3) is 0.533. The normalized spacial score (nSPS) is 14.8. The zero-order chi connectivity index (χ0) is 14.5. The van der Waals surface area contributed by atoms with Crippen LogP contribution in [-0.4, -0.2) is 24.4 Å². The lowest BCUT2D eigenvalue weighted by atomic mass is 10.0. The Balaban J connectivity index is 2.09. The van der Waals surface area contributed by atoms with Crippen LogP contribution in [0.5, 0.6) is 11.5 Å². The van der Waals surface area contributed by atoms with Crippen LogP contribution < -0.4 is 20.1 Å². The SMILES string of the molecule is CCC(NC(=S)NC(C)C)c1ccc2c(c1)OCCO2. The Morgan fingerprint density at radius 1 is 1.20 bits per heavy atom. The largest absolute Gasteiger partial charge is 0.486 e. The minimum absolute atomic E-state index is 0.171. The highest BCUT2D eigenvalue weighted by molar-refractivity contribution is 7.80. The number of fused-ring (bicyclic) bond motifs is 1. The third-order valence-electron chi connectivity index (χ3n) is 3.10. The third-order valence-corrected chi connectivity index (χ3v) is 3.34.